The summed E-state index contributed by atoms with van der Waals surface area (Å²) in [7, 11) is 2.04. The molecule has 1 N–H and O–H groups in total. The number of carboxylic acids is 1. The van der Waals surface area contributed by atoms with Gasteiger partial charge in [0.15, 0.2) is 5.69 Å². The van der Waals surface area contributed by atoms with Crippen molar-refractivity contribution >= 4 is 16.7 Å². The first-order valence-corrected chi connectivity index (χ1v) is 6.79. The number of aromatic nitrogens is 2. The highest BCUT2D eigenvalue weighted by molar-refractivity contribution is 6.02. The Kier molecular flexibility index (Phi) is 4.63. The average Bonchev–Trinajstić information content (AvgIpc) is 2.45. The Morgan fingerprint density at radius 3 is 2.60 bits per heavy atom. The van der Waals surface area contributed by atoms with E-state index >= 15 is 0 Å². The highest BCUT2D eigenvalue weighted by atomic mass is 16.4. The first-order chi connectivity index (χ1) is 9.63. The van der Waals surface area contributed by atoms with Gasteiger partial charge in [-0.15, -0.1) is 5.10 Å². The number of carboxylic acid groups (broad SMARTS) is 1. The molecule has 0 aliphatic rings. The minimum absolute atomic E-state index is 0.0144. The maximum Gasteiger partial charge on any atom is 0.357 e. The molecule has 2 aromatic rings. The van der Waals surface area contributed by atoms with Crippen LogP contribution in [-0.4, -0.2) is 39.8 Å². The summed E-state index contributed by atoms with van der Waals surface area (Å²) in [6, 6.07) is 7.40. The third kappa shape index (κ3) is 3.11. The summed E-state index contributed by atoms with van der Waals surface area (Å²) in [5.74, 6) is -1.04. The zero-order valence-electron chi connectivity index (χ0n) is 11.8. The predicted molar refractivity (Wildman–Crippen MR) is 77.7 cm³/mol. The summed E-state index contributed by atoms with van der Waals surface area (Å²) in [6.07, 6.45) is 2.28. The van der Waals surface area contributed by atoms with Gasteiger partial charge in [0.05, 0.1) is 5.69 Å². The topological polar surface area (TPSA) is 66.3 Å². The molecule has 1 aromatic heterocycles. The molecule has 0 bridgehead atoms. The molecule has 0 saturated heterocycles. The average molecular weight is 273 g/mol. The van der Waals surface area contributed by atoms with E-state index in [0.29, 0.717) is 11.9 Å². The van der Waals surface area contributed by atoms with E-state index in [9.17, 15) is 4.79 Å². The van der Waals surface area contributed by atoms with Gasteiger partial charge in [0.25, 0.3) is 0 Å². The molecule has 1 aromatic carbocycles. The largest absolute Gasteiger partial charge is 0.476 e. The maximum atomic E-state index is 11.2. The monoisotopic (exact) mass is 273 g/mol. The van der Waals surface area contributed by atoms with Crippen molar-refractivity contribution in [2.45, 2.75) is 26.3 Å². The van der Waals surface area contributed by atoms with E-state index in [1.807, 2.05) is 25.2 Å². The summed E-state index contributed by atoms with van der Waals surface area (Å²) in [4.78, 5) is 13.4. The van der Waals surface area contributed by atoms with Crippen molar-refractivity contribution in [3.63, 3.8) is 0 Å². The van der Waals surface area contributed by atoms with E-state index in [0.717, 1.165) is 30.5 Å². The number of aromatic carboxylic acids is 1. The van der Waals surface area contributed by atoms with Crippen LogP contribution in [0.3, 0.4) is 0 Å². The van der Waals surface area contributed by atoms with Gasteiger partial charge in [0, 0.05) is 17.3 Å². The molecular formula is C15H19N3O2. The Bertz CT molecular complexity index is 613. The van der Waals surface area contributed by atoms with Gasteiger partial charge >= 0.3 is 5.97 Å². The Morgan fingerprint density at radius 1 is 1.25 bits per heavy atom. The number of unbranched alkanes of at least 4 members (excludes halogenated alkanes) is 1. The second-order valence-electron chi connectivity index (χ2n) is 4.94. The number of carbonyl (C=O) groups is 1. The fourth-order valence-corrected chi connectivity index (χ4v) is 2.20. The first kappa shape index (κ1) is 14.4. The van der Waals surface area contributed by atoms with Crippen LogP contribution in [-0.2, 0) is 6.54 Å². The van der Waals surface area contributed by atoms with Gasteiger partial charge in [-0.05, 0) is 20.0 Å². The first-order valence-electron chi connectivity index (χ1n) is 6.79. The number of nitrogens with zero attached hydrogens (tertiary/aromatic N) is 3. The molecule has 0 aliphatic heterocycles. The smallest absolute Gasteiger partial charge is 0.357 e. The normalized spacial score (nSPS) is 11.2. The van der Waals surface area contributed by atoms with Crippen molar-refractivity contribution in [3.05, 3.63) is 35.7 Å². The lowest BCUT2D eigenvalue weighted by Crippen LogP contribution is -2.20. The minimum Gasteiger partial charge on any atom is -0.476 e. The van der Waals surface area contributed by atoms with E-state index in [1.54, 1.807) is 6.07 Å². The van der Waals surface area contributed by atoms with Crippen LogP contribution in [0.15, 0.2) is 24.3 Å². The molecule has 20 heavy (non-hydrogen) atoms. The van der Waals surface area contributed by atoms with Crippen molar-refractivity contribution in [2.75, 3.05) is 13.6 Å². The van der Waals surface area contributed by atoms with Crippen LogP contribution >= 0.6 is 0 Å². The second-order valence-corrected chi connectivity index (χ2v) is 4.94. The third-order valence-electron chi connectivity index (χ3n) is 3.28. The number of benzene rings is 1. The molecule has 2 rings (SSSR count). The molecule has 0 fully saturated rings. The molecule has 0 radical (unpaired) electrons. The van der Waals surface area contributed by atoms with Gasteiger partial charge in [-0.1, -0.05) is 37.6 Å². The molecule has 0 saturated carbocycles. The minimum atomic E-state index is -1.04. The van der Waals surface area contributed by atoms with Gasteiger partial charge in [-0.2, -0.15) is 5.10 Å². The van der Waals surface area contributed by atoms with Crippen molar-refractivity contribution in [3.8, 4) is 0 Å². The summed E-state index contributed by atoms with van der Waals surface area (Å²) < 4.78 is 0. The van der Waals surface area contributed by atoms with E-state index in [1.165, 1.54) is 0 Å². The van der Waals surface area contributed by atoms with E-state index in [4.69, 9.17) is 5.11 Å². The fourth-order valence-electron chi connectivity index (χ4n) is 2.20. The molecule has 5 nitrogen and oxygen atoms in total. The van der Waals surface area contributed by atoms with Gasteiger partial charge in [0.2, 0.25) is 0 Å². The fraction of sp³-hybridized carbons (Fsp3) is 0.400. The van der Waals surface area contributed by atoms with Gasteiger partial charge < -0.3 is 10.0 Å². The highest BCUT2D eigenvalue weighted by Crippen LogP contribution is 2.20. The Morgan fingerprint density at radius 2 is 1.95 bits per heavy atom. The number of rotatable bonds is 6. The molecule has 0 amide bonds. The van der Waals surface area contributed by atoms with Crippen LogP contribution in [0.5, 0.6) is 0 Å². The zero-order chi connectivity index (χ0) is 14.5. The maximum absolute atomic E-state index is 11.2. The molecule has 0 atom stereocenters. The zero-order valence-corrected chi connectivity index (χ0v) is 11.8. The van der Waals surface area contributed by atoms with Crippen molar-refractivity contribution in [2.24, 2.45) is 0 Å². The highest BCUT2D eigenvalue weighted by Gasteiger charge is 2.14. The summed E-state index contributed by atoms with van der Waals surface area (Å²) >= 11 is 0. The lowest BCUT2D eigenvalue weighted by molar-refractivity contribution is 0.0691. The third-order valence-corrected chi connectivity index (χ3v) is 3.28. The number of fused-ring (bicyclic) bond motifs is 1. The Balaban J connectivity index is 2.35. The summed E-state index contributed by atoms with van der Waals surface area (Å²) in [5.41, 5.74) is 0.838. The standard InChI is InChI=1S/C15H19N3O2/c1-3-4-9-18(2)10-13-11-7-5-6-8-12(11)14(15(19)20)17-16-13/h5-8H,3-4,9-10H2,1-2H3,(H,19,20). The van der Waals surface area contributed by atoms with E-state index in [-0.39, 0.29) is 5.69 Å². The molecule has 0 spiro atoms. The summed E-state index contributed by atoms with van der Waals surface area (Å²) in [6.45, 7) is 3.82. The Labute approximate surface area is 118 Å². The SMILES string of the molecule is CCCCN(C)Cc1nnc(C(=O)O)c2ccccc12. The molecule has 5 heteroatoms. The van der Waals surface area contributed by atoms with Crippen LogP contribution in [0.4, 0.5) is 0 Å². The molecule has 0 aliphatic carbocycles. The van der Waals surface area contributed by atoms with Gasteiger partial charge in [-0.25, -0.2) is 4.79 Å². The van der Waals surface area contributed by atoms with Crippen molar-refractivity contribution in [1.29, 1.82) is 0 Å². The lowest BCUT2D eigenvalue weighted by atomic mass is 10.1. The van der Waals surface area contributed by atoms with E-state index < -0.39 is 5.97 Å². The van der Waals surface area contributed by atoms with Gasteiger partial charge in [-0.3, -0.25) is 0 Å². The molecule has 0 unspecified atom stereocenters. The van der Waals surface area contributed by atoms with Crippen LogP contribution in [0, 0.1) is 0 Å². The van der Waals surface area contributed by atoms with Crippen molar-refractivity contribution < 1.29 is 9.90 Å². The van der Waals surface area contributed by atoms with E-state index in [2.05, 4.69) is 22.0 Å². The molecular weight excluding hydrogens is 254 g/mol. The summed E-state index contributed by atoms with van der Waals surface area (Å²) in [5, 5.41) is 18.6. The lowest BCUT2D eigenvalue weighted by Gasteiger charge is -2.16. The quantitative estimate of drug-likeness (QED) is 0.876. The molecule has 1 heterocycles. The van der Waals surface area contributed by atoms with Crippen LogP contribution in [0.2, 0.25) is 0 Å². The van der Waals surface area contributed by atoms with Crippen LogP contribution in [0.25, 0.3) is 10.8 Å². The van der Waals surface area contributed by atoms with Crippen molar-refractivity contribution in [1.82, 2.24) is 15.1 Å². The Hall–Kier alpha value is -2.01. The predicted octanol–water partition coefficient (Wildman–Crippen LogP) is 2.56. The van der Waals surface area contributed by atoms with Gasteiger partial charge in [0.1, 0.15) is 0 Å². The molecule has 106 valence electrons. The second kappa shape index (κ2) is 6.43. The number of hydrogen-bond acceptors (Lipinski definition) is 4. The van der Waals surface area contributed by atoms with Crippen LogP contribution < -0.4 is 0 Å². The number of hydrogen-bond donors (Lipinski definition) is 1. The van der Waals surface area contributed by atoms with Crippen LogP contribution in [0.1, 0.15) is 35.9 Å².